The van der Waals surface area contributed by atoms with Gasteiger partial charge in [-0.15, -0.1) is 0 Å². The lowest BCUT2D eigenvalue weighted by atomic mass is 10.0. The summed E-state index contributed by atoms with van der Waals surface area (Å²) < 4.78 is 16.9. The van der Waals surface area contributed by atoms with Crippen LogP contribution < -0.4 is 9.47 Å². The molecule has 162 valence electrons. The maximum atomic E-state index is 12.5. The fourth-order valence-electron chi connectivity index (χ4n) is 3.72. The molecular weight excluding hydrogens is 414 g/mol. The Balaban J connectivity index is 1.41. The van der Waals surface area contributed by atoms with Crippen LogP contribution in [0.4, 0.5) is 0 Å². The molecule has 0 spiro atoms. The standard InChI is InChI=1S/C28H21NO4/c1-31-26-17-20(14-15-25(26)32-18-19-8-3-2-4-9-19)16-24-28(30)33-27(29-24)23-13-7-11-21-10-5-6-12-22(21)23/h2-17H,18H2,1H3/b24-16-. The number of aliphatic imine (C=N–C) groups is 1. The van der Waals surface area contributed by atoms with Crippen molar-refractivity contribution in [1.82, 2.24) is 0 Å². The summed E-state index contributed by atoms with van der Waals surface area (Å²) in [5.74, 6) is 1.02. The van der Waals surface area contributed by atoms with E-state index in [1.165, 1.54) is 0 Å². The highest BCUT2D eigenvalue weighted by molar-refractivity contribution is 6.17. The summed E-state index contributed by atoms with van der Waals surface area (Å²) in [6.45, 7) is 0.433. The predicted molar refractivity (Wildman–Crippen MR) is 128 cm³/mol. The molecule has 0 N–H and O–H groups in total. The van der Waals surface area contributed by atoms with Crippen LogP contribution in [0.1, 0.15) is 16.7 Å². The predicted octanol–water partition coefficient (Wildman–Crippen LogP) is 5.77. The molecule has 5 heteroatoms. The first-order valence-corrected chi connectivity index (χ1v) is 10.6. The average molecular weight is 435 g/mol. The number of rotatable bonds is 6. The first-order chi connectivity index (χ1) is 16.2. The van der Waals surface area contributed by atoms with E-state index in [4.69, 9.17) is 14.2 Å². The van der Waals surface area contributed by atoms with Gasteiger partial charge in [-0.1, -0.05) is 72.8 Å². The molecule has 1 heterocycles. The summed E-state index contributed by atoms with van der Waals surface area (Å²) in [6, 6.07) is 29.2. The third kappa shape index (κ3) is 4.34. The van der Waals surface area contributed by atoms with E-state index in [1.54, 1.807) is 13.2 Å². The lowest BCUT2D eigenvalue weighted by Crippen LogP contribution is -2.05. The van der Waals surface area contributed by atoms with E-state index in [2.05, 4.69) is 4.99 Å². The zero-order valence-corrected chi connectivity index (χ0v) is 18.0. The summed E-state index contributed by atoms with van der Waals surface area (Å²) in [4.78, 5) is 17.0. The zero-order chi connectivity index (χ0) is 22.6. The number of methoxy groups -OCH3 is 1. The van der Waals surface area contributed by atoms with E-state index in [-0.39, 0.29) is 5.70 Å². The summed E-state index contributed by atoms with van der Waals surface area (Å²) >= 11 is 0. The Hall–Kier alpha value is -4.38. The van der Waals surface area contributed by atoms with Gasteiger partial charge in [-0.25, -0.2) is 9.79 Å². The molecule has 1 aliphatic heterocycles. The number of hydrogen-bond donors (Lipinski definition) is 0. The molecular formula is C28H21NO4. The van der Waals surface area contributed by atoms with Crippen molar-refractivity contribution in [2.24, 2.45) is 4.99 Å². The smallest absolute Gasteiger partial charge is 0.363 e. The second-order valence-electron chi connectivity index (χ2n) is 7.55. The van der Waals surface area contributed by atoms with Crippen LogP contribution in [0.15, 0.2) is 102 Å². The van der Waals surface area contributed by atoms with Crippen molar-refractivity contribution in [3.05, 3.63) is 113 Å². The molecule has 5 nitrogen and oxygen atoms in total. The van der Waals surface area contributed by atoms with Crippen molar-refractivity contribution < 1.29 is 19.0 Å². The molecule has 0 saturated carbocycles. The van der Waals surface area contributed by atoms with Gasteiger partial charge in [0.2, 0.25) is 5.90 Å². The summed E-state index contributed by atoms with van der Waals surface area (Å²) in [5.41, 5.74) is 2.84. The molecule has 4 aromatic carbocycles. The number of esters is 1. The Kier molecular flexibility index (Phi) is 5.60. The number of benzene rings is 4. The van der Waals surface area contributed by atoms with Crippen molar-refractivity contribution >= 4 is 28.7 Å². The van der Waals surface area contributed by atoms with Crippen LogP contribution in [-0.2, 0) is 16.1 Å². The van der Waals surface area contributed by atoms with Gasteiger partial charge < -0.3 is 14.2 Å². The van der Waals surface area contributed by atoms with Gasteiger partial charge in [0.1, 0.15) is 6.61 Å². The maximum absolute atomic E-state index is 12.5. The fraction of sp³-hybridized carbons (Fsp3) is 0.0714. The lowest BCUT2D eigenvalue weighted by Gasteiger charge is -2.11. The lowest BCUT2D eigenvalue weighted by molar-refractivity contribution is -0.129. The third-order valence-corrected chi connectivity index (χ3v) is 5.37. The van der Waals surface area contributed by atoms with Crippen LogP contribution in [-0.4, -0.2) is 19.0 Å². The van der Waals surface area contributed by atoms with Crippen LogP contribution in [0.25, 0.3) is 16.8 Å². The van der Waals surface area contributed by atoms with Crippen molar-refractivity contribution in [2.75, 3.05) is 7.11 Å². The first-order valence-electron chi connectivity index (χ1n) is 10.6. The van der Waals surface area contributed by atoms with Gasteiger partial charge in [-0.3, -0.25) is 0 Å². The molecule has 1 aliphatic rings. The molecule has 0 atom stereocenters. The molecule has 5 rings (SSSR count). The van der Waals surface area contributed by atoms with Gasteiger partial charge in [0.05, 0.1) is 7.11 Å². The molecule has 0 radical (unpaired) electrons. The topological polar surface area (TPSA) is 57.1 Å². The Labute approximate surface area is 191 Å². The second kappa shape index (κ2) is 9.01. The summed E-state index contributed by atoms with van der Waals surface area (Å²) in [7, 11) is 1.59. The molecule has 4 aromatic rings. The number of carbonyl (C=O) groups is 1. The van der Waals surface area contributed by atoms with Crippen LogP contribution in [0.3, 0.4) is 0 Å². The number of fused-ring (bicyclic) bond motifs is 1. The minimum atomic E-state index is -0.485. The monoisotopic (exact) mass is 435 g/mol. The first kappa shape index (κ1) is 20.5. The van der Waals surface area contributed by atoms with E-state index in [0.29, 0.717) is 24.0 Å². The van der Waals surface area contributed by atoms with Crippen molar-refractivity contribution in [2.45, 2.75) is 6.61 Å². The van der Waals surface area contributed by atoms with Crippen molar-refractivity contribution in [3.63, 3.8) is 0 Å². The minimum Gasteiger partial charge on any atom is -0.493 e. The van der Waals surface area contributed by atoms with Gasteiger partial charge in [0.15, 0.2) is 17.2 Å². The highest BCUT2D eigenvalue weighted by Crippen LogP contribution is 2.31. The normalized spacial score (nSPS) is 14.3. The van der Waals surface area contributed by atoms with E-state index in [1.807, 2.05) is 91.0 Å². The molecule has 0 unspecified atom stereocenters. The van der Waals surface area contributed by atoms with Crippen LogP contribution >= 0.6 is 0 Å². The number of hydrogen-bond acceptors (Lipinski definition) is 5. The second-order valence-corrected chi connectivity index (χ2v) is 7.55. The van der Waals surface area contributed by atoms with Gasteiger partial charge >= 0.3 is 5.97 Å². The van der Waals surface area contributed by atoms with E-state index in [9.17, 15) is 4.79 Å². The third-order valence-electron chi connectivity index (χ3n) is 5.37. The molecule has 0 bridgehead atoms. The van der Waals surface area contributed by atoms with E-state index < -0.39 is 5.97 Å². The largest absolute Gasteiger partial charge is 0.493 e. The zero-order valence-electron chi connectivity index (χ0n) is 18.0. The minimum absolute atomic E-state index is 0.234. The average Bonchev–Trinajstić information content (AvgIpc) is 3.23. The molecule has 0 aromatic heterocycles. The maximum Gasteiger partial charge on any atom is 0.363 e. The van der Waals surface area contributed by atoms with Crippen LogP contribution in [0, 0.1) is 0 Å². The highest BCUT2D eigenvalue weighted by atomic mass is 16.6. The molecule has 0 aliphatic carbocycles. The van der Waals surface area contributed by atoms with Crippen LogP contribution in [0.2, 0.25) is 0 Å². The van der Waals surface area contributed by atoms with Crippen molar-refractivity contribution in [1.29, 1.82) is 0 Å². The SMILES string of the molecule is COc1cc(/C=C2\N=C(c3cccc4ccccc34)OC2=O)ccc1OCc1ccccc1. The quantitative estimate of drug-likeness (QED) is 0.285. The molecule has 33 heavy (non-hydrogen) atoms. The number of nitrogens with zero attached hydrogens (tertiary/aromatic N) is 1. The van der Waals surface area contributed by atoms with Gasteiger partial charge in [0, 0.05) is 5.56 Å². The number of cyclic esters (lactones) is 1. The summed E-state index contributed by atoms with van der Waals surface area (Å²) in [6.07, 6.45) is 1.68. The number of ether oxygens (including phenoxy) is 3. The Morgan fingerprint density at radius 3 is 2.52 bits per heavy atom. The fourth-order valence-corrected chi connectivity index (χ4v) is 3.72. The number of carbonyl (C=O) groups excluding carboxylic acids is 1. The van der Waals surface area contributed by atoms with E-state index in [0.717, 1.165) is 27.5 Å². The van der Waals surface area contributed by atoms with Gasteiger partial charge in [0.25, 0.3) is 0 Å². The van der Waals surface area contributed by atoms with E-state index >= 15 is 0 Å². The molecule has 0 amide bonds. The Morgan fingerprint density at radius 2 is 1.67 bits per heavy atom. The molecule has 0 saturated heterocycles. The highest BCUT2D eigenvalue weighted by Gasteiger charge is 2.25. The van der Waals surface area contributed by atoms with Gasteiger partial charge in [-0.05, 0) is 46.2 Å². The van der Waals surface area contributed by atoms with Gasteiger partial charge in [-0.2, -0.15) is 0 Å². The summed E-state index contributed by atoms with van der Waals surface area (Å²) in [5, 5.41) is 2.04. The Bertz CT molecular complexity index is 1380. The van der Waals surface area contributed by atoms with Crippen LogP contribution in [0.5, 0.6) is 11.5 Å². The Morgan fingerprint density at radius 1 is 0.879 bits per heavy atom. The molecule has 0 fully saturated rings. The van der Waals surface area contributed by atoms with Crippen molar-refractivity contribution in [3.8, 4) is 11.5 Å².